The standard InChI is InChI=1S/C15H14BrClN2O/c1-19(2)12-5-3-4-10(8-12)15(20)18-14-9-11(16)6-7-13(14)17/h3-9H,1-2H3,(H,18,20). The van der Waals surface area contributed by atoms with Gasteiger partial charge in [-0.1, -0.05) is 33.6 Å². The molecule has 0 saturated carbocycles. The molecule has 0 bridgehead atoms. The first-order chi connectivity index (χ1) is 9.47. The van der Waals surface area contributed by atoms with Crippen LogP contribution < -0.4 is 10.2 Å². The molecular weight excluding hydrogens is 340 g/mol. The molecule has 0 aromatic heterocycles. The molecule has 0 saturated heterocycles. The lowest BCUT2D eigenvalue weighted by molar-refractivity contribution is 0.102. The van der Waals surface area contributed by atoms with E-state index in [0.29, 0.717) is 16.3 Å². The maximum atomic E-state index is 12.2. The molecule has 0 aliphatic rings. The van der Waals surface area contributed by atoms with Crippen LogP contribution in [-0.2, 0) is 0 Å². The summed E-state index contributed by atoms with van der Waals surface area (Å²) in [4.78, 5) is 14.2. The number of carbonyl (C=O) groups excluding carboxylic acids is 1. The first-order valence-electron chi connectivity index (χ1n) is 6.01. The highest BCUT2D eigenvalue weighted by molar-refractivity contribution is 9.10. The minimum Gasteiger partial charge on any atom is -0.378 e. The van der Waals surface area contributed by atoms with Crippen LogP contribution in [0.25, 0.3) is 0 Å². The number of nitrogens with one attached hydrogen (secondary N) is 1. The molecule has 0 radical (unpaired) electrons. The van der Waals surface area contributed by atoms with Crippen LogP contribution in [0, 0.1) is 0 Å². The Kier molecular flexibility index (Phi) is 4.68. The molecule has 104 valence electrons. The minimum absolute atomic E-state index is 0.186. The zero-order chi connectivity index (χ0) is 14.7. The predicted molar refractivity (Wildman–Crippen MR) is 87.9 cm³/mol. The van der Waals surface area contributed by atoms with Crippen molar-refractivity contribution in [2.24, 2.45) is 0 Å². The quantitative estimate of drug-likeness (QED) is 0.886. The maximum absolute atomic E-state index is 12.2. The number of carbonyl (C=O) groups is 1. The lowest BCUT2D eigenvalue weighted by Crippen LogP contribution is -2.14. The summed E-state index contributed by atoms with van der Waals surface area (Å²) < 4.78 is 0.860. The molecular formula is C15H14BrClN2O. The summed E-state index contributed by atoms with van der Waals surface area (Å²) in [6.45, 7) is 0. The van der Waals surface area contributed by atoms with Crippen molar-refractivity contribution in [2.75, 3.05) is 24.3 Å². The van der Waals surface area contributed by atoms with Gasteiger partial charge in [-0.25, -0.2) is 0 Å². The largest absolute Gasteiger partial charge is 0.378 e. The van der Waals surface area contributed by atoms with Crippen molar-refractivity contribution in [3.8, 4) is 0 Å². The molecule has 0 aliphatic heterocycles. The number of nitrogens with zero attached hydrogens (tertiary/aromatic N) is 1. The van der Waals surface area contributed by atoms with Crippen molar-refractivity contribution in [1.29, 1.82) is 0 Å². The highest BCUT2D eigenvalue weighted by Crippen LogP contribution is 2.26. The average Bonchev–Trinajstić information content (AvgIpc) is 2.43. The Labute approximate surface area is 131 Å². The number of rotatable bonds is 3. The molecule has 2 aromatic carbocycles. The van der Waals surface area contributed by atoms with Crippen LogP contribution in [0.5, 0.6) is 0 Å². The van der Waals surface area contributed by atoms with E-state index in [0.717, 1.165) is 10.2 Å². The van der Waals surface area contributed by atoms with Crippen LogP contribution in [0.3, 0.4) is 0 Å². The van der Waals surface area contributed by atoms with E-state index in [1.807, 2.05) is 43.3 Å². The van der Waals surface area contributed by atoms with Gasteiger partial charge in [-0.3, -0.25) is 4.79 Å². The zero-order valence-corrected chi connectivity index (χ0v) is 13.5. The van der Waals surface area contributed by atoms with E-state index in [1.165, 1.54) is 0 Å². The normalized spacial score (nSPS) is 10.2. The van der Waals surface area contributed by atoms with Gasteiger partial charge in [0.05, 0.1) is 10.7 Å². The topological polar surface area (TPSA) is 32.3 Å². The first-order valence-corrected chi connectivity index (χ1v) is 7.18. The van der Waals surface area contributed by atoms with E-state index in [1.54, 1.807) is 18.2 Å². The van der Waals surface area contributed by atoms with Crippen molar-refractivity contribution in [3.63, 3.8) is 0 Å². The van der Waals surface area contributed by atoms with Crippen molar-refractivity contribution < 1.29 is 4.79 Å². The molecule has 1 amide bonds. The summed E-state index contributed by atoms with van der Waals surface area (Å²) in [6.07, 6.45) is 0. The first kappa shape index (κ1) is 14.9. The third-order valence-corrected chi connectivity index (χ3v) is 3.62. The van der Waals surface area contributed by atoms with E-state index >= 15 is 0 Å². The molecule has 0 spiro atoms. The fourth-order valence-corrected chi connectivity index (χ4v) is 2.24. The van der Waals surface area contributed by atoms with Gasteiger partial charge in [0.1, 0.15) is 0 Å². The molecule has 3 nitrogen and oxygen atoms in total. The fraction of sp³-hybridized carbons (Fsp3) is 0.133. The highest BCUT2D eigenvalue weighted by atomic mass is 79.9. The van der Waals surface area contributed by atoms with Gasteiger partial charge in [0.15, 0.2) is 0 Å². The van der Waals surface area contributed by atoms with Crippen molar-refractivity contribution >= 4 is 44.8 Å². The van der Waals surface area contributed by atoms with Crippen molar-refractivity contribution in [1.82, 2.24) is 0 Å². The number of hydrogen-bond donors (Lipinski definition) is 1. The summed E-state index contributed by atoms with van der Waals surface area (Å²) in [5.41, 5.74) is 2.14. The Bertz CT molecular complexity index is 644. The summed E-state index contributed by atoms with van der Waals surface area (Å²) in [5, 5.41) is 3.32. The Balaban J connectivity index is 2.24. The van der Waals surface area contributed by atoms with Gasteiger partial charge in [0, 0.05) is 29.8 Å². The molecule has 1 N–H and O–H groups in total. The van der Waals surface area contributed by atoms with Crippen LogP contribution in [0.15, 0.2) is 46.9 Å². The monoisotopic (exact) mass is 352 g/mol. The second-order valence-corrected chi connectivity index (χ2v) is 5.85. The highest BCUT2D eigenvalue weighted by Gasteiger charge is 2.10. The van der Waals surface area contributed by atoms with Gasteiger partial charge in [-0.2, -0.15) is 0 Å². The van der Waals surface area contributed by atoms with Gasteiger partial charge in [-0.05, 0) is 36.4 Å². The Hall–Kier alpha value is -1.52. The molecule has 0 heterocycles. The SMILES string of the molecule is CN(C)c1cccc(C(=O)Nc2cc(Br)ccc2Cl)c1. The Morgan fingerprint density at radius 1 is 1.20 bits per heavy atom. The lowest BCUT2D eigenvalue weighted by Gasteiger charge is -2.14. The lowest BCUT2D eigenvalue weighted by atomic mass is 10.1. The van der Waals surface area contributed by atoms with Crippen LogP contribution in [0.1, 0.15) is 10.4 Å². The molecule has 20 heavy (non-hydrogen) atoms. The molecule has 0 fully saturated rings. The summed E-state index contributed by atoms with van der Waals surface area (Å²) in [6, 6.07) is 12.7. The molecule has 5 heteroatoms. The summed E-state index contributed by atoms with van der Waals surface area (Å²) in [5.74, 6) is -0.186. The molecule has 0 aliphatic carbocycles. The van der Waals surface area contributed by atoms with E-state index in [9.17, 15) is 4.79 Å². The van der Waals surface area contributed by atoms with Gasteiger partial charge < -0.3 is 10.2 Å². The molecule has 2 aromatic rings. The second kappa shape index (κ2) is 6.29. The number of anilines is 2. The number of amides is 1. The Morgan fingerprint density at radius 3 is 2.65 bits per heavy atom. The average molecular weight is 354 g/mol. The summed E-state index contributed by atoms with van der Waals surface area (Å²) in [7, 11) is 3.87. The third kappa shape index (κ3) is 3.52. The number of benzene rings is 2. The van der Waals surface area contributed by atoms with Gasteiger partial charge >= 0.3 is 0 Å². The molecule has 0 unspecified atom stereocenters. The predicted octanol–water partition coefficient (Wildman–Crippen LogP) is 4.42. The fourth-order valence-electron chi connectivity index (χ4n) is 1.71. The van der Waals surface area contributed by atoms with Gasteiger partial charge in [0.2, 0.25) is 0 Å². The van der Waals surface area contributed by atoms with Gasteiger partial charge in [-0.15, -0.1) is 0 Å². The Morgan fingerprint density at radius 2 is 1.95 bits per heavy atom. The smallest absolute Gasteiger partial charge is 0.255 e. The van der Waals surface area contributed by atoms with E-state index in [2.05, 4.69) is 21.2 Å². The molecule has 2 rings (SSSR count). The number of hydrogen-bond acceptors (Lipinski definition) is 2. The maximum Gasteiger partial charge on any atom is 0.255 e. The van der Waals surface area contributed by atoms with Crippen LogP contribution in [0.2, 0.25) is 5.02 Å². The van der Waals surface area contributed by atoms with E-state index < -0.39 is 0 Å². The molecule has 0 atom stereocenters. The van der Waals surface area contributed by atoms with Crippen molar-refractivity contribution in [2.45, 2.75) is 0 Å². The number of halogens is 2. The third-order valence-electron chi connectivity index (χ3n) is 2.80. The van der Waals surface area contributed by atoms with Crippen molar-refractivity contribution in [3.05, 3.63) is 57.5 Å². The van der Waals surface area contributed by atoms with Crippen LogP contribution >= 0.6 is 27.5 Å². The summed E-state index contributed by atoms with van der Waals surface area (Å²) >= 11 is 9.42. The second-order valence-electron chi connectivity index (χ2n) is 4.52. The van der Waals surface area contributed by atoms with E-state index in [-0.39, 0.29) is 5.91 Å². The van der Waals surface area contributed by atoms with Gasteiger partial charge in [0.25, 0.3) is 5.91 Å². The van der Waals surface area contributed by atoms with Crippen LogP contribution in [-0.4, -0.2) is 20.0 Å². The van der Waals surface area contributed by atoms with E-state index in [4.69, 9.17) is 11.6 Å². The minimum atomic E-state index is -0.186. The van der Waals surface area contributed by atoms with Crippen LogP contribution in [0.4, 0.5) is 11.4 Å². The zero-order valence-electron chi connectivity index (χ0n) is 11.2.